The molecule has 1 aromatic heterocycles. The summed E-state index contributed by atoms with van der Waals surface area (Å²) < 4.78 is 0. The van der Waals surface area contributed by atoms with E-state index in [0.29, 0.717) is 6.54 Å². The molecule has 2 rings (SSSR count). The van der Waals surface area contributed by atoms with Crippen LogP contribution in [0.4, 0.5) is 0 Å². The molecule has 0 aliphatic carbocycles. The molecule has 0 aliphatic rings. The first-order chi connectivity index (χ1) is 8.46. The third-order valence-electron chi connectivity index (χ3n) is 2.62. The molecule has 5 nitrogen and oxygen atoms in total. The standard InChI is InChI=1S/C13H18N4O/c1-13(2,14)8-15-12(18)7-11-9-5-3-4-6-10(9)16-17-11/h3-6H,7-8,14H2,1-2H3,(H,15,18)(H,16,17). The van der Waals surface area contributed by atoms with Crippen LogP contribution in [0.2, 0.25) is 0 Å². The highest BCUT2D eigenvalue weighted by molar-refractivity contribution is 5.87. The Morgan fingerprint density at radius 3 is 2.89 bits per heavy atom. The molecule has 2 aromatic rings. The lowest BCUT2D eigenvalue weighted by Gasteiger charge is -2.18. The van der Waals surface area contributed by atoms with Crippen molar-refractivity contribution in [2.24, 2.45) is 5.73 Å². The van der Waals surface area contributed by atoms with E-state index in [2.05, 4.69) is 15.5 Å². The predicted molar refractivity (Wildman–Crippen MR) is 71.1 cm³/mol. The number of nitrogens with zero attached hydrogens (tertiary/aromatic N) is 1. The molecule has 0 radical (unpaired) electrons. The lowest BCUT2D eigenvalue weighted by Crippen LogP contribution is -2.45. The van der Waals surface area contributed by atoms with Crippen LogP contribution in [0.3, 0.4) is 0 Å². The molecule has 0 atom stereocenters. The number of nitrogens with two attached hydrogens (primary N) is 1. The summed E-state index contributed by atoms with van der Waals surface area (Å²) in [5.41, 5.74) is 7.12. The van der Waals surface area contributed by atoms with Gasteiger partial charge in [-0.05, 0) is 19.9 Å². The van der Waals surface area contributed by atoms with Crippen LogP contribution in [0.25, 0.3) is 10.9 Å². The Kier molecular flexibility index (Phi) is 3.34. The van der Waals surface area contributed by atoms with Crippen molar-refractivity contribution in [3.63, 3.8) is 0 Å². The Morgan fingerprint density at radius 1 is 1.44 bits per heavy atom. The maximum absolute atomic E-state index is 11.8. The number of aromatic amines is 1. The van der Waals surface area contributed by atoms with Gasteiger partial charge in [0, 0.05) is 17.5 Å². The zero-order valence-electron chi connectivity index (χ0n) is 10.7. The molecule has 0 spiro atoms. The number of carbonyl (C=O) groups is 1. The fourth-order valence-corrected chi connectivity index (χ4v) is 1.70. The zero-order chi connectivity index (χ0) is 13.2. The van der Waals surface area contributed by atoms with E-state index in [0.717, 1.165) is 16.6 Å². The average Bonchev–Trinajstić information content (AvgIpc) is 2.70. The molecule has 0 saturated carbocycles. The number of hydrogen-bond donors (Lipinski definition) is 3. The predicted octanol–water partition coefficient (Wildman–Crippen LogP) is 0.959. The number of fused-ring (bicyclic) bond motifs is 1. The van der Waals surface area contributed by atoms with Gasteiger partial charge in [0.1, 0.15) is 0 Å². The number of amides is 1. The van der Waals surface area contributed by atoms with Gasteiger partial charge in [-0.2, -0.15) is 5.10 Å². The van der Waals surface area contributed by atoms with E-state index in [1.165, 1.54) is 0 Å². The molecule has 1 aromatic carbocycles. The van der Waals surface area contributed by atoms with E-state index in [1.54, 1.807) is 0 Å². The van der Waals surface area contributed by atoms with E-state index in [9.17, 15) is 4.79 Å². The molecule has 0 aliphatic heterocycles. The second kappa shape index (κ2) is 4.78. The molecule has 0 unspecified atom stereocenters. The highest BCUT2D eigenvalue weighted by atomic mass is 16.1. The van der Waals surface area contributed by atoms with Crippen LogP contribution in [0.5, 0.6) is 0 Å². The fraction of sp³-hybridized carbons (Fsp3) is 0.385. The van der Waals surface area contributed by atoms with E-state index < -0.39 is 5.54 Å². The van der Waals surface area contributed by atoms with Crippen molar-refractivity contribution in [3.05, 3.63) is 30.0 Å². The van der Waals surface area contributed by atoms with E-state index in [1.807, 2.05) is 38.1 Å². The van der Waals surface area contributed by atoms with E-state index in [4.69, 9.17) is 5.73 Å². The second-order valence-electron chi connectivity index (χ2n) is 5.16. The van der Waals surface area contributed by atoms with Gasteiger partial charge in [0.2, 0.25) is 5.91 Å². The molecular weight excluding hydrogens is 228 g/mol. The van der Waals surface area contributed by atoms with Gasteiger partial charge in [0.05, 0.1) is 17.6 Å². The van der Waals surface area contributed by atoms with Crippen LogP contribution >= 0.6 is 0 Å². The summed E-state index contributed by atoms with van der Waals surface area (Å²) in [4.78, 5) is 11.8. The number of carbonyl (C=O) groups excluding carboxylic acids is 1. The Balaban J connectivity index is 2.03. The van der Waals surface area contributed by atoms with Gasteiger partial charge < -0.3 is 11.1 Å². The number of benzene rings is 1. The molecule has 1 amide bonds. The third kappa shape index (κ3) is 3.07. The first kappa shape index (κ1) is 12.6. The van der Waals surface area contributed by atoms with E-state index >= 15 is 0 Å². The minimum absolute atomic E-state index is 0.0528. The SMILES string of the molecule is CC(C)(N)CNC(=O)Cc1[nH]nc2ccccc12. The Morgan fingerprint density at radius 2 is 2.17 bits per heavy atom. The number of para-hydroxylation sites is 1. The van der Waals surface area contributed by atoms with E-state index in [-0.39, 0.29) is 12.3 Å². The fourth-order valence-electron chi connectivity index (χ4n) is 1.70. The first-order valence-electron chi connectivity index (χ1n) is 5.93. The van der Waals surface area contributed by atoms with Crippen LogP contribution < -0.4 is 11.1 Å². The van der Waals surface area contributed by atoms with Gasteiger partial charge in [-0.1, -0.05) is 18.2 Å². The number of H-pyrrole nitrogens is 1. The zero-order valence-corrected chi connectivity index (χ0v) is 10.7. The molecule has 0 saturated heterocycles. The first-order valence-corrected chi connectivity index (χ1v) is 5.93. The Labute approximate surface area is 106 Å². The van der Waals surface area contributed by atoms with Crippen molar-refractivity contribution in [3.8, 4) is 0 Å². The highest BCUT2D eigenvalue weighted by Gasteiger charge is 2.14. The van der Waals surface area contributed by atoms with Gasteiger partial charge in [-0.3, -0.25) is 9.89 Å². The van der Waals surface area contributed by atoms with Crippen molar-refractivity contribution in [1.82, 2.24) is 15.5 Å². The summed E-state index contributed by atoms with van der Waals surface area (Å²) in [5.74, 6) is -0.0528. The van der Waals surface area contributed by atoms with Gasteiger partial charge in [-0.15, -0.1) is 0 Å². The maximum atomic E-state index is 11.8. The summed E-state index contributed by atoms with van der Waals surface area (Å²) in [6.07, 6.45) is 0.288. The molecule has 1 heterocycles. The Hall–Kier alpha value is -1.88. The van der Waals surface area contributed by atoms with Crippen LogP contribution in [0.1, 0.15) is 19.5 Å². The highest BCUT2D eigenvalue weighted by Crippen LogP contribution is 2.15. The molecular formula is C13H18N4O. The van der Waals surface area contributed by atoms with Crippen LogP contribution in [-0.4, -0.2) is 28.2 Å². The van der Waals surface area contributed by atoms with Crippen LogP contribution in [-0.2, 0) is 11.2 Å². The minimum Gasteiger partial charge on any atom is -0.354 e. The van der Waals surface area contributed by atoms with Gasteiger partial charge in [0.25, 0.3) is 0 Å². The minimum atomic E-state index is -0.397. The van der Waals surface area contributed by atoms with Gasteiger partial charge in [0.15, 0.2) is 0 Å². The summed E-state index contributed by atoms with van der Waals surface area (Å²) in [7, 11) is 0. The number of hydrogen-bond acceptors (Lipinski definition) is 3. The molecule has 0 bridgehead atoms. The topological polar surface area (TPSA) is 83.8 Å². The van der Waals surface area contributed by atoms with Crippen LogP contribution in [0.15, 0.2) is 24.3 Å². The van der Waals surface area contributed by atoms with Crippen molar-refractivity contribution in [2.75, 3.05) is 6.54 Å². The normalized spacial score (nSPS) is 11.7. The van der Waals surface area contributed by atoms with Gasteiger partial charge >= 0.3 is 0 Å². The van der Waals surface area contributed by atoms with Crippen molar-refractivity contribution in [2.45, 2.75) is 25.8 Å². The third-order valence-corrected chi connectivity index (χ3v) is 2.62. The summed E-state index contributed by atoms with van der Waals surface area (Å²) in [6, 6.07) is 7.72. The number of nitrogens with one attached hydrogen (secondary N) is 2. The van der Waals surface area contributed by atoms with Crippen molar-refractivity contribution >= 4 is 16.8 Å². The molecule has 18 heavy (non-hydrogen) atoms. The lowest BCUT2D eigenvalue weighted by molar-refractivity contribution is -0.120. The molecule has 5 heteroatoms. The quantitative estimate of drug-likeness (QED) is 0.751. The smallest absolute Gasteiger partial charge is 0.226 e. The maximum Gasteiger partial charge on any atom is 0.226 e. The summed E-state index contributed by atoms with van der Waals surface area (Å²) >= 11 is 0. The van der Waals surface area contributed by atoms with Gasteiger partial charge in [-0.25, -0.2) is 0 Å². The van der Waals surface area contributed by atoms with Crippen molar-refractivity contribution < 1.29 is 4.79 Å². The second-order valence-corrected chi connectivity index (χ2v) is 5.16. The molecule has 4 N–H and O–H groups in total. The Bertz CT molecular complexity index is 553. The summed E-state index contributed by atoms with van der Waals surface area (Å²) in [6.45, 7) is 4.20. The lowest BCUT2D eigenvalue weighted by atomic mass is 10.1. The average molecular weight is 246 g/mol. The molecule has 0 fully saturated rings. The molecule has 96 valence electrons. The van der Waals surface area contributed by atoms with Crippen LogP contribution in [0, 0.1) is 0 Å². The largest absolute Gasteiger partial charge is 0.354 e. The van der Waals surface area contributed by atoms with Crippen molar-refractivity contribution in [1.29, 1.82) is 0 Å². The summed E-state index contributed by atoms with van der Waals surface area (Å²) in [5, 5.41) is 10.9. The monoisotopic (exact) mass is 246 g/mol. The number of aromatic nitrogens is 2. The number of rotatable bonds is 4.